The number of hydrogen-bond acceptors (Lipinski definition) is 0. The van der Waals surface area contributed by atoms with Crippen LogP contribution in [0.5, 0.6) is 0 Å². The highest BCUT2D eigenvalue weighted by atomic mass is 35.5. The smallest absolute Gasteiger partial charge is 0.0333 e. The van der Waals surface area contributed by atoms with E-state index in [2.05, 4.69) is 39.0 Å². The second kappa shape index (κ2) is 6.17. The number of rotatable bonds is 5. The molecule has 0 nitrogen and oxygen atoms in total. The van der Waals surface area contributed by atoms with Crippen LogP contribution in [0.15, 0.2) is 18.2 Å². The van der Waals surface area contributed by atoms with Gasteiger partial charge in [0.15, 0.2) is 0 Å². The van der Waals surface area contributed by atoms with E-state index in [0.717, 1.165) is 19.3 Å². The first-order valence-electron chi connectivity index (χ1n) is 5.83. The zero-order chi connectivity index (χ0) is 11.3. The number of aryl methyl sites for hydroxylation is 3. The van der Waals surface area contributed by atoms with Gasteiger partial charge in [0.2, 0.25) is 0 Å². The fourth-order valence-electron chi connectivity index (χ4n) is 1.69. The molecule has 0 saturated carbocycles. The van der Waals surface area contributed by atoms with E-state index in [4.69, 9.17) is 11.6 Å². The molecule has 1 aromatic carbocycles. The van der Waals surface area contributed by atoms with Crippen LogP contribution in [-0.2, 0) is 6.42 Å². The minimum Gasteiger partial charge on any atom is -0.123 e. The number of hydrogen-bond donors (Lipinski definition) is 0. The average molecular weight is 225 g/mol. The average Bonchev–Trinajstić information content (AvgIpc) is 2.23. The summed E-state index contributed by atoms with van der Waals surface area (Å²) in [4.78, 5) is 0. The maximum Gasteiger partial charge on any atom is 0.0333 e. The summed E-state index contributed by atoms with van der Waals surface area (Å²) in [7, 11) is 0. The Kier molecular flexibility index (Phi) is 5.17. The van der Waals surface area contributed by atoms with Crippen molar-refractivity contribution in [3.05, 3.63) is 34.9 Å². The molecule has 0 aliphatic rings. The molecule has 1 atom stereocenters. The Balaban J connectivity index is 2.41. The van der Waals surface area contributed by atoms with Gasteiger partial charge in [-0.3, -0.25) is 0 Å². The zero-order valence-corrected chi connectivity index (χ0v) is 10.8. The molecular formula is C14H21Cl. The molecule has 0 amide bonds. The molecule has 1 rings (SSSR count). The SMILES string of the molecule is CCC(Cl)CCCc1ccc(C)c(C)c1. The summed E-state index contributed by atoms with van der Waals surface area (Å²) in [5.74, 6) is 0. The molecule has 0 heterocycles. The van der Waals surface area contributed by atoms with Crippen LogP contribution in [-0.4, -0.2) is 5.38 Å². The second-order valence-electron chi connectivity index (χ2n) is 4.32. The molecular weight excluding hydrogens is 204 g/mol. The van der Waals surface area contributed by atoms with Gasteiger partial charge < -0.3 is 0 Å². The normalized spacial score (nSPS) is 12.8. The molecule has 15 heavy (non-hydrogen) atoms. The Hall–Kier alpha value is -0.490. The summed E-state index contributed by atoms with van der Waals surface area (Å²) < 4.78 is 0. The maximum atomic E-state index is 6.09. The molecule has 1 aromatic rings. The molecule has 1 heteroatoms. The Morgan fingerprint density at radius 1 is 1.20 bits per heavy atom. The summed E-state index contributed by atoms with van der Waals surface area (Å²) in [5, 5.41) is 0.358. The Bertz CT molecular complexity index is 304. The van der Waals surface area contributed by atoms with Gasteiger partial charge in [0, 0.05) is 5.38 Å². The van der Waals surface area contributed by atoms with Gasteiger partial charge in [-0.15, -0.1) is 11.6 Å². The third-order valence-electron chi connectivity index (χ3n) is 3.00. The van der Waals surface area contributed by atoms with E-state index < -0.39 is 0 Å². The van der Waals surface area contributed by atoms with Crippen molar-refractivity contribution in [2.75, 3.05) is 0 Å². The van der Waals surface area contributed by atoms with Crippen molar-refractivity contribution in [2.45, 2.75) is 51.8 Å². The molecule has 1 unspecified atom stereocenters. The summed E-state index contributed by atoms with van der Waals surface area (Å²) in [6, 6.07) is 6.74. The lowest BCUT2D eigenvalue weighted by Gasteiger charge is -2.07. The van der Waals surface area contributed by atoms with Gasteiger partial charge in [0.05, 0.1) is 0 Å². The van der Waals surface area contributed by atoms with Crippen LogP contribution in [0.4, 0.5) is 0 Å². The van der Waals surface area contributed by atoms with Gasteiger partial charge in [-0.2, -0.15) is 0 Å². The fourth-order valence-corrected chi connectivity index (χ4v) is 1.85. The molecule has 0 aliphatic carbocycles. The van der Waals surface area contributed by atoms with Crippen molar-refractivity contribution in [3.8, 4) is 0 Å². The van der Waals surface area contributed by atoms with Crippen LogP contribution >= 0.6 is 11.6 Å². The summed E-state index contributed by atoms with van der Waals surface area (Å²) in [5.41, 5.74) is 4.21. The molecule has 0 aromatic heterocycles. The van der Waals surface area contributed by atoms with Gasteiger partial charge in [-0.25, -0.2) is 0 Å². The third kappa shape index (κ3) is 4.25. The Morgan fingerprint density at radius 2 is 1.93 bits per heavy atom. The zero-order valence-electron chi connectivity index (χ0n) is 10.0. The standard InChI is InChI=1S/C14H21Cl/c1-4-14(15)7-5-6-13-9-8-11(2)12(3)10-13/h8-10,14H,4-7H2,1-3H3. The van der Waals surface area contributed by atoms with Gasteiger partial charge in [0.25, 0.3) is 0 Å². The largest absolute Gasteiger partial charge is 0.123 e. The third-order valence-corrected chi connectivity index (χ3v) is 3.52. The minimum absolute atomic E-state index is 0.358. The van der Waals surface area contributed by atoms with Crippen LogP contribution in [0.2, 0.25) is 0 Å². The summed E-state index contributed by atoms with van der Waals surface area (Å²) in [6.07, 6.45) is 4.56. The molecule has 0 bridgehead atoms. The topological polar surface area (TPSA) is 0 Å². The quantitative estimate of drug-likeness (QED) is 0.639. The molecule has 0 fully saturated rings. The Morgan fingerprint density at radius 3 is 2.53 bits per heavy atom. The lowest BCUT2D eigenvalue weighted by molar-refractivity contribution is 0.674. The van der Waals surface area contributed by atoms with E-state index in [1.54, 1.807) is 0 Å². The highest BCUT2D eigenvalue weighted by molar-refractivity contribution is 6.20. The highest BCUT2D eigenvalue weighted by Crippen LogP contribution is 2.15. The Labute approximate surface area is 98.7 Å². The van der Waals surface area contributed by atoms with E-state index in [-0.39, 0.29) is 0 Å². The number of halogens is 1. The van der Waals surface area contributed by atoms with Crippen molar-refractivity contribution < 1.29 is 0 Å². The minimum atomic E-state index is 0.358. The first kappa shape index (κ1) is 12.6. The van der Waals surface area contributed by atoms with Crippen molar-refractivity contribution in [1.29, 1.82) is 0 Å². The van der Waals surface area contributed by atoms with E-state index in [1.165, 1.54) is 23.1 Å². The predicted molar refractivity (Wildman–Crippen MR) is 68.8 cm³/mol. The van der Waals surface area contributed by atoms with E-state index >= 15 is 0 Å². The van der Waals surface area contributed by atoms with Crippen molar-refractivity contribution >= 4 is 11.6 Å². The van der Waals surface area contributed by atoms with Crippen LogP contribution in [0.25, 0.3) is 0 Å². The second-order valence-corrected chi connectivity index (χ2v) is 4.93. The van der Waals surface area contributed by atoms with Crippen LogP contribution in [0.1, 0.15) is 42.9 Å². The van der Waals surface area contributed by atoms with Gasteiger partial charge in [0.1, 0.15) is 0 Å². The van der Waals surface area contributed by atoms with E-state index in [0.29, 0.717) is 5.38 Å². The predicted octanol–water partition coefficient (Wildman–Crippen LogP) is 4.64. The fraction of sp³-hybridized carbons (Fsp3) is 0.571. The van der Waals surface area contributed by atoms with Gasteiger partial charge >= 0.3 is 0 Å². The van der Waals surface area contributed by atoms with Crippen molar-refractivity contribution in [1.82, 2.24) is 0 Å². The summed E-state index contributed by atoms with van der Waals surface area (Å²) in [6.45, 7) is 6.48. The van der Waals surface area contributed by atoms with Crippen LogP contribution < -0.4 is 0 Å². The maximum absolute atomic E-state index is 6.09. The van der Waals surface area contributed by atoms with Crippen LogP contribution in [0.3, 0.4) is 0 Å². The monoisotopic (exact) mass is 224 g/mol. The molecule has 0 spiro atoms. The van der Waals surface area contributed by atoms with Crippen molar-refractivity contribution in [2.24, 2.45) is 0 Å². The van der Waals surface area contributed by atoms with E-state index in [9.17, 15) is 0 Å². The van der Waals surface area contributed by atoms with Crippen molar-refractivity contribution in [3.63, 3.8) is 0 Å². The molecule has 0 N–H and O–H groups in total. The van der Waals surface area contributed by atoms with E-state index in [1.807, 2.05) is 0 Å². The van der Waals surface area contributed by atoms with Gasteiger partial charge in [-0.05, 0) is 56.2 Å². The highest BCUT2D eigenvalue weighted by Gasteiger charge is 2.01. The molecule has 84 valence electrons. The lowest BCUT2D eigenvalue weighted by Crippen LogP contribution is -1.97. The lowest BCUT2D eigenvalue weighted by atomic mass is 10.0. The first-order chi connectivity index (χ1) is 7.13. The number of benzene rings is 1. The molecule has 0 aliphatic heterocycles. The van der Waals surface area contributed by atoms with Crippen LogP contribution in [0, 0.1) is 13.8 Å². The first-order valence-corrected chi connectivity index (χ1v) is 6.27. The summed E-state index contributed by atoms with van der Waals surface area (Å²) >= 11 is 6.09. The van der Waals surface area contributed by atoms with Gasteiger partial charge in [-0.1, -0.05) is 25.1 Å². The number of alkyl halides is 1. The molecule has 0 saturated heterocycles. The molecule has 0 radical (unpaired) electrons.